The van der Waals surface area contributed by atoms with E-state index in [2.05, 4.69) is 39.0 Å². The lowest BCUT2D eigenvalue weighted by Crippen LogP contribution is -2.58. The van der Waals surface area contributed by atoms with E-state index in [-0.39, 0.29) is 23.0 Å². The van der Waals surface area contributed by atoms with E-state index in [0.29, 0.717) is 0 Å². The highest BCUT2D eigenvalue weighted by molar-refractivity contribution is 5.39. The second-order valence-electron chi connectivity index (χ2n) is 7.54. The second-order valence-corrected chi connectivity index (χ2v) is 7.54. The zero-order chi connectivity index (χ0) is 14.4. The third-order valence-corrected chi connectivity index (χ3v) is 5.24. The van der Waals surface area contributed by atoms with Crippen molar-refractivity contribution in [2.24, 2.45) is 5.41 Å². The quantitative estimate of drug-likeness (QED) is 0.881. The van der Waals surface area contributed by atoms with Gasteiger partial charge in [0.2, 0.25) is 0 Å². The highest BCUT2D eigenvalue weighted by Gasteiger charge is 2.57. The van der Waals surface area contributed by atoms with Gasteiger partial charge in [0, 0.05) is 11.8 Å². The van der Waals surface area contributed by atoms with Crippen molar-refractivity contribution < 1.29 is 9.84 Å². The van der Waals surface area contributed by atoms with Crippen LogP contribution in [-0.2, 0) is 5.41 Å². The van der Waals surface area contributed by atoms with Gasteiger partial charge in [0.05, 0.1) is 6.10 Å². The molecule has 0 amide bonds. The molecule has 0 radical (unpaired) electrons. The van der Waals surface area contributed by atoms with Crippen LogP contribution in [0.25, 0.3) is 0 Å². The van der Waals surface area contributed by atoms with Crippen molar-refractivity contribution in [2.45, 2.75) is 70.5 Å². The zero-order valence-electron chi connectivity index (χ0n) is 12.9. The average molecular weight is 274 g/mol. The third kappa shape index (κ3) is 2.14. The molecule has 2 nitrogen and oxygen atoms in total. The van der Waals surface area contributed by atoms with Gasteiger partial charge in [-0.15, -0.1) is 0 Å². The van der Waals surface area contributed by atoms with Gasteiger partial charge in [0.15, 0.2) is 0 Å². The van der Waals surface area contributed by atoms with Crippen LogP contribution in [0.2, 0.25) is 0 Å². The van der Waals surface area contributed by atoms with Crippen molar-refractivity contribution in [2.75, 3.05) is 0 Å². The topological polar surface area (TPSA) is 29.5 Å². The molecule has 1 spiro atoms. The standard InChI is InChI=1S/C18H26O2/c1-17(2,3)13-8-4-5-9-14(13)20-16-12-15(19)18(16)10-6-7-11-18/h4-5,8-9,15-16,19H,6-7,10-12H2,1-3H3. The zero-order valence-corrected chi connectivity index (χ0v) is 12.9. The summed E-state index contributed by atoms with van der Waals surface area (Å²) in [5.74, 6) is 1.00. The van der Waals surface area contributed by atoms with Crippen molar-refractivity contribution in [3.63, 3.8) is 0 Å². The van der Waals surface area contributed by atoms with Crippen LogP contribution < -0.4 is 4.74 Å². The van der Waals surface area contributed by atoms with Gasteiger partial charge in [-0.2, -0.15) is 0 Å². The molecule has 2 aliphatic carbocycles. The van der Waals surface area contributed by atoms with E-state index >= 15 is 0 Å². The largest absolute Gasteiger partial charge is 0.489 e. The third-order valence-electron chi connectivity index (χ3n) is 5.24. The molecule has 2 fully saturated rings. The Morgan fingerprint density at radius 2 is 1.80 bits per heavy atom. The Morgan fingerprint density at radius 3 is 2.40 bits per heavy atom. The number of aliphatic hydroxyl groups excluding tert-OH is 1. The molecule has 0 aromatic heterocycles. The molecule has 1 N–H and O–H groups in total. The smallest absolute Gasteiger partial charge is 0.123 e. The molecule has 0 aliphatic heterocycles. The van der Waals surface area contributed by atoms with Crippen molar-refractivity contribution in [3.05, 3.63) is 29.8 Å². The summed E-state index contributed by atoms with van der Waals surface area (Å²) in [4.78, 5) is 0. The fourth-order valence-electron chi connectivity index (χ4n) is 3.92. The van der Waals surface area contributed by atoms with E-state index in [1.54, 1.807) is 0 Å². The van der Waals surface area contributed by atoms with E-state index in [1.165, 1.54) is 18.4 Å². The predicted molar refractivity (Wildman–Crippen MR) is 81.1 cm³/mol. The molecular weight excluding hydrogens is 248 g/mol. The summed E-state index contributed by atoms with van der Waals surface area (Å²) in [6.45, 7) is 6.66. The molecule has 2 aliphatic rings. The average Bonchev–Trinajstić information content (AvgIpc) is 2.90. The molecule has 2 unspecified atom stereocenters. The minimum Gasteiger partial charge on any atom is -0.489 e. The molecule has 1 aromatic rings. The lowest BCUT2D eigenvalue weighted by atomic mass is 9.62. The molecule has 3 rings (SSSR count). The van der Waals surface area contributed by atoms with Gasteiger partial charge in [-0.25, -0.2) is 0 Å². The van der Waals surface area contributed by atoms with Gasteiger partial charge in [-0.05, 0) is 29.9 Å². The normalized spacial score (nSPS) is 28.4. The Bertz CT molecular complexity index is 480. The van der Waals surface area contributed by atoms with E-state index in [9.17, 15) is 5.11 Å². The summed E-state index contributed by atoms with van der Waals surface area (Å²) >= 11 is 0. The van der Waals surface area contributed by atoms with E-state index in [1.807, 2.05) is 6.07 Å². The lowest BCUT2D eigenvalue weighted by molar-refractivity contribution is -0.152. The Balaban J connectivity index is 1.83. The highest BCUT2D eigenvalue weighted by atomic mass is 16.5. The van der Waals surface area contributed by atoms with Crippen LogP contribution in [0.5, 0.6) is 5.75 Å². The van der Waals surface area contributed by atoms with Crippen LogP contribution in [0.4, 0.5) is 0 Å². The van der Waals surface area contributed by atoms with Gasteiger partial charge in [0.25, 0.3) is 0 Å². The summed E-state index contributed by atoms with van der Waals surface area (Å²) in [6, 6.07) is 8.36. The fraction of sp³-hybridized carbons (Fsp3) is 0.667. The number of rotatable bonds is 2. The van der Waals surface area contributed by atoms with E-state index in [4.69, 9.17) is 4.74 Å². The first-order valence-electron chi connectivity index (χ1n) is 7.88. The lowest BCUT2D eigenvalue weighted by Gasteiger charge is -2.51. The number of hydrogen-bond donors (Lipinski definition) is 1. The second kappa shape index (κ2) is 4.77. The molecule has 1 aromatic carbocycles. The van der Waals surface area contributed by atoms with Crippen molar-refractivity contribution >= 4 is 0 Å². The number of hydrogen-bond acceptors (Lipinski definition) is 2. The van der Waals surface area contributed by atoms with Crippen LogP contribution in [-0.4, -0.2) is 17.3 Å². The maximum Gasteiger partial charge on any atom is 0.123 e. The summed E-state index contributed by atoms with van der Waals surface area (Å²) in [7, 11) is 0. The summed E-state index contributed by atoms with van der Waals surface area (Å²) < 4.78 is 6.36. The van der Waals surface area contributed by atoms with Crippen molar-refractivity contribution in [3.8, 4) is 5.75 Å². The van der Waals surface area contributed by atoms with Crippen LogP contribution in [0, 0.1) is 5.41 Å². The molecule has 2 heteroatoms. The molecule has 2 atom stereocenters. The molecule has 0 heterocycles. The summed E-state index contributed by atoms with van der Waals surface area (Å²) in [6.07, 6.45) is 5.54. The van der Waals surface area contributed by atoms with Crippen LogP contribution in [0.1, 0.15) is 58.4 Å². The first-order valence-corrected chi connectivity index (χ1v) is 7.88. The molecule has 110 valence electrons. The van der Waals surface area contributed by atoms with Gasteiger partial charge >= 0.3 is 0 Å². The Kier molecular flexibility index (Phi) is 3.32. The maximum absolute atomic E-state index is 10.2. The minimum atomic E-state index is -0.156. The van der Waals surface area contributed by atoms with Gasteiger partial charge in [-0.3, -0.25) is 0 Å². The molecule has 0 bridgehead atoms. The molecular formula is C18H26O2. The highest BCUT2D eigenvalue weighted by Crippen LogP contribution is 2.55. The Labute approximate surface area is 122 Å². The Morgan fingerprint density at radius 1 is 1.15 bits per heavy atom. The van der Waals surface area contributed by atoms with Crippen LogP contribution >= 0.6 is 0 Å². The minimum absolute atomic E-state index is 0.0466. The number of benzene rings is 1. The summed E-state index contributed by atoms with van der Waals surface area (Å²) in [5.41, 5.74) is 1.39. The first-order chi connectivity index (χ1) is 9.43. The number of para-hydroxylation sites is 1. The van der Waals surface area contributed by atoms with Crippen molar-refractivity contribution in [1.82, 2.24) is 0 Å². The maximum atomic E-state index is 10.2. The van der Waals surface area contributed by atoms with Gasteiger partial charge in [0.1, 0.15) is 11.9 Å². The van der Waals surface area contributed by atoms with Gasteiger partial charge in [-0.1, -0.05) is 51.8 Å². The molecule has 20 heavy (non-hydrogen) atoms. The first kappa shape index (κ1) is 13.9. The van der Waals surface area contributed by atoms with Gasteiger partial charge < -0.3 is 9.84 Å². The van der Waals surface area contributed by atoms with E-state index in [0.717, 1.165) is 25.0 Å². The Hall–Kier alpha value is -1.02. The number of aliphatic hydroxyl groups is 1. The number of ether oxygens (including phenoxy) is 1. The van der Waals surface area contributed by atoms with Crippen LogP contribution in [0.3, 0.4) is 0 Å². The van der Waals surface area contributed by atoms with Crippen LogP contribution in [0.15, 0.2) is 24.3 Å². The molecule has 2 saturated carbocycles. The van der Waals surface area contributed by atoms with Crippen molar-refractivity contribution in [1.29, 1.82) is 0 Å². The summed E-state index contributed by atoms with van der Waals surface area (Å²) in [5, 5.41) is 10.2. The predicted octanol–water partition coefficient (Wildman–Crippen LogP) is 4.06. The van der Waals surface area contributed by atoms with E-state index < -0.39 is 0 Å². The monoisotopic (exact) mass is 274 g/mol. The SMILES string of the molecule is CC(C)(C)c1ccccc1OC1CC(O)C12CCCC2. The fourth-order valence-corrected chi connectivity index (χ4v) is 3.92. The molecule has 0 saturated heterocycles.